The third-order valence-corrected chi connectivity index (χ3v) is 6.05. The molecule has 0 aromatic heterocycles. The Balaban J connectivity index is 1.56. The van der Waals surface area contributed by atoms with Crippen molar-refractivity contribution in [2.45, 2.75) is 31.3 Å². The lowest BCUT2D eigenvalue weighted by Crippen LogP contribution is -2.45. The molecule has 0 saturated carbocycles. The fourth-order valence-corrected chi connectivity index (χ4v) is 4.12. The van der Waals surface area contributed by atoms with Gasteiger partial charge in [-0.2, -0.15) is 0 Å². The number of methoxy groups -OCH3 is 2. The van der Waals surface area contributed by atoms with Gasteiger partial charge in [-0.3, -0.25) is 4.79 Å². The summed E-state index contributed by atoms with van der Waals surface area (Å²) >= 11 is 0. The van der Waals surface area contributed by atoms with Gasteiger partial charge in [-0.05, 0) is 48.9 Å². The fourth-order valence-electron chi connectivity index (χ4n) is 4.12. The Hall–Kier alpha value is -2.57. The molecule has 0 radical (unpaired) electrons. The number of benzene rings is 2. The molecule has 0 bridgehead atoms. The van der Waals surface area contributed by atoms with E-state index < -0.39 is 17.5 Å². The van der Waals surface area contributed by atoms with Crippen molar-refractivity contribution in [2.24, 2.45) is 5.92 Å². The van der Waals surface area contributed by atoms with Crippen molar-refractivity contribution in [3.63, 3.8) is 0 Å². The van der Waals surface area contributed by atoms with E-state index in [0.717, 1.165) is 11.1 Å². The van der Waals surface area contributed by atoms with Crippen molar-refractivity contribution in [1.82, 2.24) is 4.90 Å². The highest BCUT2D eigenvalue weighted by Gasteiger charge is 2.35. The molecule has 162 valence electrons. The first-order chi connectivity index (χ1) is 14.4. The number of ether oxygens (including phenoxy) is 2. The Morgan fingerprint density at radius 3 is 2.33 bits per heavy atom. The summed E-state index contributed by atoms with van der Waals surface area (Å²) in [7, 11) is 3.18. The van der Waals surface area contributed by atoms with Gasteiger partial charge < -0.3 is 24.6 Å². The summed E-state index contributed by atoms with van der Waals surface area (Å²) in [5.41, 5.74) is 1.14. The second-order valence-corrected chi connectivity index (χ2v) is 7.96. The van der Waals surface area contributed by atoms with E-state index in [2.05, 4.69) is 4.90 Å². The smallest absolute Gasteiger partial charge is 0.307 e. The van der Waals surface area contributed by atoms with Crippen LogP contribution in [0.1, 0.15) is 30.4 Å². The predicted molar refractivity (Wildman–Crippen MR) is 115 cm³/mol. The number of carboxylic acids is 1. The van der Waals surface area contributed by atoms with Crippen LogP contribution in [0.2, 0.25) is 0 Å². The predicted octanol–water partition coefficient (Wildman–Crippen LogP) is 3.32. The highest BCUT2D eigenvalue weighted by Crippen LogP contribution is 2.33. The number of hydrogen-bond donors (Lipinski definition) is 2. The zero-order valence-corrected chi connectivity index (χ0v) is 17.7. The molecule has 1 aliphatic heterocycles. The number of aliphatic hydroxyl groups is 1. The zero-order chi connectivity index (χ0) is 21.6. The van der Waals surface area contributed by atoms with Crippen molar-refractivity contribution in [1.29, 1.82) is 0 Å². The number of hydrogen-bond acceptors (Lipinski definition) is 5. The molecule has 6 heteroatoms. The van der Waals surface area contributed by atoms with Crippen molar-refractivity contribution in [2.75, 3.05) is 33.9 Å². The number of aryl methyl sites for hydroxylation is 1. The van der Waals surface area contributed by atoms with Gasteiger partial charge in [0.15, 0.2) is 11.5 Å². The molecule has 1 atom stereocenters. The monoisotopic (exact) mass is 413 g/mol. The van der Waals surface area contributed by atoms with Gasteiger partial charge in [-0.1, -0.05) is 36.4 Å². The maximum atomic E-state index is 11.8. The molecule has 0 amide bonds. The summed E-state index contributed by atoms with van der Waals surface area (Å²) in [6.07, 6.45) is 2.42. The summed E-state index contributed by atoms with van der Waals surface area (Å²) in [5, 5.41) is 20.7. The highest BCUT2D eigenvalue weighted by molar-refractivity contribution is 5.70. The molecule has 2 aromatic carbocycles. The highest BCUT2D eigenvalue weighted by atomic mass is 16.5. The standard InChI is InChI=1S/C24H31NO5/c1-29-21-11-9-18(16-22(21)30-2)8-10-19(23(26)27)17-25-14-12-24(28,13-15-25)20-6-4-3-5-7-20/h3-7,9,11,16,19,28H,8,10,12-15,17H2,1-2H3,(H,26,27). The van der Waals surface area contributed by atoms with Gasteiger partial charge in [-0.25, -0.2) is 0 Å². The summed E-state index contributed by atoms with van der Waals surface area (Å²) in [6, 6.07) is 15.4. The molecule has 0 aliphatic carbocycles. The van der Waals surface area contributed by atoms with Gasteiger partial charge in [0.25, 0.3) is 0 Å². The summed E-state index contributed by atoms with van der Waals surface area (Å²) in [6.45, 7) is 1.87. The van der Waals surface area contributed by atoms with Crippen LogP contribution in [0.25, 0.3) is 0 Å². The fraction of sp³-hybridized carbons (Fsp3) is 0.458. The second-order valence-electron chi connectivity index (χ2n) is 7.96. The van der Waals surface area contributed by atoms with E-state index in [9.17, 15) is 15.0 Å². The Labute approximate surface area is 178 Å². The molecular weight excluding hydrogens is 382 g/mol. The Bertz CT molecular complexity index is 831. The maximum absolute atomic E-state index is 11.8. The van der Waals surface area contributed by atoms with Crippen molar-refractivity contribution in [3.05, 3.63) is 59.7 Å². The van der Waals surface area contributed by atoms with Crippen LogP contribution in [-0.2, 0) is 16.8 Å². The second kappa shape index (κ2) is 9.96. The molecule has 0 spiro atoms. The van der Waals surface area contributed by atoms with Crippen molar-refractivity contribution >= 4 is 5.97 Å². The Morgan fingerprint density at radius 2 is 1.73 bits per heavy atom. The topological polar surface area (TPSA) is 79.2 Å². The SMILES string of the molecule is COc1ccc(CCC(CN2CCC(O)(c3ccccc3)CC2)C(=O)O)cc1OC. The molecule has 30 heavy (non-hydrogen) atoms. The number of aliphatic carboxylic acids is 1. The van der Waals surface area contributed by atoms with Crippen LogP contribution in [0, 0.1) is 5.92 Å². The van der Waals surface area contributed by atoms with E-state index in [-0.39, 0.29) is 0 Å². The minimum Gasteiger partial charge on any atom is -0.493 e. The molecule has 1 aliphatic rings. The summed E-state index contributed by atoms with van der Waals surface area (Å²) in [4.78, 5) is 14.0. The molecule has 1 heterocycles. The van der Waals surface area contributed by atoms with Crippen LogP contribution >= 0.6 is 0 Å². The van der Waals surface area contributed by atoms with E-state index in [4.69, 9.17) is 9.47 Å². The average Bonchev–Trinajstić information content (AvgIpc) is 2.78. The first-order valence-electron chi connectivity index (χ1n) is 10.4. The number of carbonyl (C=O) groups is 1. The van der Waals surface area contributed by atoms with Crippen LogP contribution in [-0.4, -0.2) is 54.9 Å². The van der Waals surface area contributed by atoms with E-state index in [1.807, 2.05) is 48.5 Å². The molecular formula is C24H31NO5. The van der Waals surface area contributed by atoms with Crippen molar-refractivity contribution in [3.8, 4) is 11.5 Å². The van der Waals surface area contributed by atoms with Crippen LogP contribution in [0.5, 0.6) is 11.5 Å². The van der Waals surface area contributed by atoms with Crippen LogP contribution in [0.15, 0.2) is 48.5 Å². The zero-order valence-electron chi connectivity index (χ0n) is 17.7. The number of rotatable bonds is 9. The van der Waals surface area contributed by atoms with Crippen molar-refractivity contribution < 1.29 is 24.5 Å². The number of likely N-dealkylation sites (tertiary alicyclic amines) is 1. The Kier molecular flexibility index (Phi) is 7.34. The minimum atomic E-state index is -0.823. The van der Waals surface area contributed by atoms with Gasteiger partial charge in [0.1, 0.15) is 0 Å². The molecule has 6 nitrogen and oxygen atoms in total. The Morgan fingerprint density at radius 1 is 1.07 bits per heavy atom. The quantitative estimate of drug-likeness (QED) is 0.657. The lowest BCUT2D eigenvalue weighted by atomic mass is 9.84. The molecule has 2 aromatic rings. The lowest BCUT2D eigenvalue weighted by Gasteiger charge is -2.39. The van der Waals surface area contributed by atoms with Gasteiger partial charge in [-0.15, -0.1) is 0 Å². The molecule has 1 unspecified atom stereocenters. The van der Waals surface area contributed by atoms with Gasteiger partial charge in [0, 0.05) is 19.6 Å². The minimum absolute atomic E-state index is 0.457. The summed E-state index contributed by atoms with van der Waals surface area (Å²) in [5.74, 6) is 0.0775. The third kappa shape index (κ3) is 5.32. The van der Waals surface area contributed by atoms with E-state index in [1.165, 1.54) is 0 Å². The maximum Gasteiger partial charge on any atom is 0.307 e. The summed E-state index contributed by atoms with van der Waals surface area (Å²) < 4.78 is 10.6. The van der Waals surface area contributed by atoms with Gasteiger partial charge >= 0.3 is 5.97 Å². The largest absolute Gasteiger partial charge is 0.493 e. The average molecular weight is 414 g/mol. The third-order valence-electron chi connectivity index (χ3n) is 6.05. The van der Waals surface area contributed by atoms with Crippen LogP contribution < -0.4 is 9.47 Å². The number of piperidine rings is 1. The van der Waals surface area contributed by atoms with E-state index >= 15 is 0 Å². The first-order valence-corrected chi connectivity index (χ1v) is 10.4. The van der Waals surface area contributed by atoms with Crippen LogP contribution in [0.4, 0.5) is 0 Å². The molecule has 2 N–H and O–H groups in total. The van der Waals surface area contributed by atoms with E-state index in [0.29, 0.717) is 56.8 Å². The molecule has 1 fully saturated rings. The van der Waals surface area contributed by atoms with E-state index in [1.54, 1.807) is 14.2 Å². The van der Waals surface area contributed by atoms with Gasteiger partial charge in [0.05, 0.1) is 25.7 Å². The lowest BCUT2D eigenvalue weighted by molar-refractivity contribution is -0.143. The molecule has 1 saturated heterocycles. The molecule has 3 rings (SSSR count). The van der Waals surface area contributed by atoms with Gasteiger partial charge in [0.2, 0.25) is 0 Å². The normalized spacial score (nSPS) is 17.3. The number of carboxylic acid groups (broad SMARTS) is 1. The first kappa shape index (κ1) is 22.1. The number of nitrogens with zero attached hydrogens (tertiary/aromatic N) is 1. The van der Waals surface area contributed by atoms with Crippen LogP contribution in [0.3, 0.4) is 0 Å².